The van der Waals surface area contributed by atoms with Gasteiger partial charge in [0.2, 0.25) is 5.52 Å². The third kappa shape index (κ3) is 6.90. The molecule has 0 spiro atoms. The SMILES string of the molecule is CCC(=Cc1sc2ccc3ccccc3c2[n+]1CCCS(=O)(=O)O)/C=C1\Sc2cc(C)c(C)cc2N1CCS(=O)(=O)O. The predicted molar refractivity (Wildman–Crippen MR) is 172 cm³/mol. The predicted octanol–water partition coefficient (Wildman–Crippen LogP) is 6.37. The molecule has 0 radical (unpaired) electrons. The maximum Gasteiger partial charge on any atom is 0.266 e. The van der Waals surface area contributed by atoms with Crippen LogP contribution in [0.25, 0.3) is 27.1 Å². The molecular weight excluding hydrogens is 613 g/mol. The number of nitrogens with zero attached hydrogens (tertiary/aromatic N) is 2. The maximum atomic E-state index is 11.6. The van der Waals surface area contributed by atoms with E-state index in [1.165, 1.54) is 0 Å². The van der Waals surface area contributed by atoms with Crippen LogP contribution in [0.15, 0.2) is 70.1 Å². The number of hydrogen-bond acceptors (Lipinski definition) is 7. The number of fused-ring (bicyclic) bond motifs is 4. The third-order valence-electron chi connectivity index (χ3n) is 7.34. The summed E-state index contributed by atoms with van der Waals surface area (Å²) < 4.78 is 68.3. The van der Waals surface area contributed by atoms with Gasteiger partial charge in [0, 0.05) is 23.9 Å². The highest BCUT2D eigenvalue weighted by Crippen LogP contribution is 2.47. The van der Waals surface area contributed by atoms with Gasteiger partial charge in [-0.05, 0) is 72.7 Å². The van der Waals surface area contributed by atoms with Crippen LogP contribution in [0.2, 0.25) is 0 Å². The largest absolute Gasteiger partial charge is 0.334 e. The minimum absolute atomic E-state index is 0.120. The highest BCUT2D eigenvalue weighted by molar-refractivity contribution is 8.03. The van der Waals surface area contributed by atoms with Crippen molar-refractivity contribution in [3.63, 3.8) is 0 Å². The monoisotopic (exact) mass is 645 g/mol. The molecule has 222 valence electrons. The third-order valence-corrected chi connectivity index (χ3v) is 11.0. The molecule has 8 nitrogen and oxygen atoms in total. The van der Waals surface area contributed by atoms with E-state index in [0.29, 0.717) is 13.0 Å². The van der Waals surface area contributed by atoms with Crippen molar-refractivity contribution in [2.24, 2.45) is 0 Å². The molecule has 0 unspecified atom stereocenters. The molecule has 0 saturated carbocycles. The molecule has 0 aliphatic carbocycles. The first-order valence-corrected chi connectivity index (χ1v) is 18.4. The van der Waals surface area contributed by atoms with Gasteiger partial charge in [0.1, 0.15) is 4.70 Å². The van der Waals surface area contributed by atoms with Crippen LogP contribution < -0.4 is 9.47 Å². The van der Waals surface area contributed by atoms with E-state index in [1.807, 2.05) is 36.9 Å². The lowest BCUT2D eigenvalue weighted by Gasteiger charge is -2.20. The number of hydrogen-bond donors (Lipinski definition) is 2. The van der Waals surface area contributed by atoms with Gasteiger partial charge in [-0.15, -0.1) is 0 Å². The zero-order valence-corrected chi connectivity index (χ0v) is 26.8. The molecule has 1 aliphatic rings. The van der Waals surface area contributed by atoms with E-state index in [9.17, 15) is 25.9 Å². The van der Waals surface area contributed by atoms with Crippen molar-refractivity contribution in [1.29, 1.82) is 0 Å². The van der Waals surface area contributed by atoms with E-state index in [-0.39, 0.29) is 24.5 Å². The Kier molecular flexibility index (Phi) is 8.85. The van der Waals surface area contributed by atoms with Crippen molar-refractivity contribution < 1.29 is 30.5 Å². The summed E-state index contributed by atoms with van der Waals surface area (Å²) in [5.74, 6) is -0.716. The van der Waals surface area contributed by atoms with Crippen LogP contribution in [0.3, 0.4) is 0 Å². The molecule has 0 amide bonds. The van der Waals surface area contributed by atoms with Crippen LogP contribution in [0.4, 0.5) is 5.69 Å². The highest BCUT2D eigenvalue weighted by atomic mass is 32.2. The molecule has 0 atom stereocenters. The number of aryl methyl sites for hydroxylation is 3. The van der Waals surface area contributed by atoms with Crippen LogP contribution >= 0.6 is 23.1 Å². The lowest BCUT2D eigenvalue weighted by Crippen LogP contribution is -2.36. The number of thiazole rings is 1. The Bertz CT molecular complexity index is 1960. The van der Waals surface area contributed by atoms with Crippen molar-refractivity contribution in [1.82, 2.24) is 0 Å². The van der Waals surface area contributed by atoms with Gasteiger partial charge in [-0.3, -0.25) is 9.11 Å². The van der Waals surface area contributed by atoms with Gasteiger partial charge < -0.3 is 4.90 Å². The number of thioether (sulfide) groups is 1. The Morgan fingerprint density at radius 2 is 1.69 bits per heavy atom. The van der Waals surface area contributed by atoms with Gasteiger partial charge in [0.15, 0.2) is 6.54 Å². The first-order chi connectivity index (χ1) is 19.8. The van der Waals surface area contributed by atoms with Crippen molar-refractivity contribution >= 4 is 76.1 Å². The zero-order chi connectivity index (χ0) is 30.2. The number of anilines is 1. The van der Waals surface area contributed by atoms with Gasteiger partial charge >= 0.3 is 0 Å². The Labute approximate surface area is 254 Å². The van der Waals surface area contributed by atoms with Crippen molar-refractivity contribution in [3.8, 4) is 0 Å². The number of allylic oxidation sites excluding steroid dienone is 2. The summed E-state index contributed by atoms with van der Waals surface area (Å²) >= 11 is 3.19. The Balaban J connectivity index is 1.60. The molecule has 0 saturated heterocycles. The van der Waals surface area contributed by atoms with E-state index in [0.717, 1.165) is 58.3 Å². The van der Waals surface area contributed by atoms with Crippen LogP contribution in [-0.2, 0) is 26.8 Å². The summed E-state index contributed by atoms with van der Waals surface area (Å²) in [5, 5.41) is 3.97. The zero-order valence-electron chi connectivity index (χ0n) is 23.6. The number of rotatable bonds is 10. The first-order valence-electron chi connectivity index (χ1n) is 13.6. The fourth-order valence-corrected chi connectivity index (χ4v) is 8.40. The molecule has 2 heterocycles. The van der Waals surface area contributed by atoms with Crippen molar-refractivity contribution in [2.45, 2.75) is 45.1 Å². The highest BCUT2D eigenvalue weighted by Gasteiger charge is 2.28. The van der Waals surface area contributed by atoms with Crippen molar-refractivity contribution in [2.75, 3.05) is 23.0 Å². The molecular formula is C30H33N2O6S4+. The maximum absolute atomic E-state index is 11.6. The molecule has 1 aromatic heterocycles. The molecule has 3 aromatic carbocycles. The minimum atomic E-state index is -4.15. The van der Waals surface area contributed by atoms with Crippen molar-refractivity contribution in [3.05, 3.63) is 81.3 Å². The molecule has 12 heteroatoms. The summed E-state index contributed by atoms with van der Waals surface area (Å²) in [6.45, 7) is 6.65. The Hall–Kier alpha value is -2.74. The average Bonchev–Trinajstić information content (AvgIpc) is 3.43. The Morgan fingerprint density at radius 3 is 2.40 bits per heavy atom. The first kappa shape index (κ1) is 30.7. The van der Waals surface area contributed by atoms with E-state index in [2.05, 4.69) is 54.0 Å². The molecule has 1 aliphatic heterocycles. The van der Waals surface area contributed by atoms with Crippen LogP contribution in [0.1, 0.15) is 35.9 Å². The lowest BCUT2D eigenvalue weighted by molar-refractivity contribution is -0.667. The van der Waals surface area contributed by atoms with Gasteiger partial charge in [-0.1, -0.05) is 54.3 Å². The lowest BCUT2D eigenvalue weighted by atomic mass is 10.1. The van der Waals surface area contributed by atoms with E-state index >= 15 is 0 Å². The summed E-state index contributed by atoms with van der Waals surface area (Å²) in [5.41, 5.74) is 5.19. The second kappa shape index (κ2) is 12.1. The van der Waals surface area contributed by atoms with Gasteiger partial charge in [0.25, 0.3) is 25.2 Å². The molecule has 5 rings (SSSR count). The van der Waals surface area contributed by atoms with E-state index in [1.54, 1.807) is 23.1 Å². The summed E-state index contributed by atoms with van der Waals surface area (Å²) in [6.07, 6.45) is 5.12. The normalized spacial score (nSPS) is 15.3. The summed E-state index contributed by atoms with van der Waals surface area (Å²) in [4.78, 5) is 2.98. The topological polar surface area (TPSA) is 116 Å². The Morgan fingerprint density at radius 1 is 0.976 bits per heavy atom. The second-order valence-electron chi connectivity index (χ2n) is 10.4. The van der Waals surface area contributed by atoms with Crippen LogP contribution in [0.5, 0.6) is 0 Å². The molecule has 42 heavy (non-hydrogen) atoms. The van der Waals surface area contributed by atoms with Gasteiger partial charge in [0.05, 0.1) is 27.6 Å². The fourth-order valence-electron chi connectivity index (χ4n) is 5.07. The number of benzene rings is 3. The van der Waals surface area contributed by atoms with E-state index < -0.39 is 20.2 Å². The molecule has 0 fully saturated rings. The summed E-state index contributed by atoms with van der Waals surface area (Å²) in [7, 11) is -8.24. The minimum Gasteiger partial charge on any atom is -0.334 e. The second-order valence-corrected chi connectivity index (χ2v) is 15.6. The number of aromatic nitrogens is 1. The van der Waals surface area contributed by atoms with Gasteiger partial charge in [-0.2, -0.15) is 21.4 Å². The fraction of sp³-hybridized carbons (Fsp3) is 0.300. The summed E-state index contributed by atoms with van der Waals surface area (Å²) in [6, 6.07) is 16.4. The van der Waals surface area contributed by atoms with E-state index in [4.69, 9.17) is 0 Å². The smallest absolute Gasteiger partial charge is 0.266 e. The van der Waals surface area contributed by atoms with Gasteiger partial charge in [-0.25, -0.2) is 0 Å². The molecule has 0 bridgehead atoms. The molecule has 4 aromatic rings. The molecule has 2 N–H and O–H groups in total. The average molecular weight is 646 g/mol. The standard InChI is InChI=1S/C30H32N2O6S4/c1-4-22(18-28-31(13-15-42(36,37)38)25-16-20(2)21(3)17-27(25)40-28)19-29-32(12-7-14-41(33,34)35)30-24-9-6-5-8-23(24)10-11-26(30)39-29/h5-6,8-11,16-19H,4,7,12-15H2,1-3H3,(H-,33,34,35,36,37,38)/p+1. The quantitative estimate of drug-likeness (QED) is 0.151. The van der Waals surface area contributed by atoms with Crippen LogP contribution in [0, 0.1) is 13.8 Å². The van der Waals surface area contributed by atoms with Crippen LogP contribution in [-0.4, -0.2) is 44.0 Å².